The highest BCUT2D eigenvalue weighted by Crippen LogP contribution is 2.25. The van der Waals surface area contributed by atoms with Crippen molar-refractivity contribution in [3.63, 3.8) is 0 Å². The molecule has 1 aromatic heterocycles. The van der Waals surface area contributed by atoms with Crippen LogP contribution in [0.3, 0.4) is 0 Å². The number of rotatable bonds is 2. The first-order valence-electron chi connectivity index (χ1n) is 4.42. The average molecular weight is 256 g/mol. The Hall–Kier alpha value is -1.52. The number of hydrogen-bond acceptors (Lipinski definition) is 2. The first-order valence-corrected chi connectivity index (χ1v) is 5.17. The van der Waals surface area contributed by atoms with E-state index < -0.39 is 0 Å². The van der Waals surface area contributed by atoms with Crippen molar-refractivity contribution in [2.45, 2.75) is 0 Å². The van der Waals surface area contributed by atoms with E-state index in [1.807, 2.05) is 0 Å². The number of aromatic amines is 1. The minimum absolute atomic E-state index is 0.257. The fraction of sp³-hybridized carbons (Fsp3) is 0. The number of H-pyrrole nitrogens is 1. The summed E-state index contributed by atoms with van der Waals surface area (Å²) in [6.07, 6.45) is 2.94. The van der Waals surface area contributed by atoms with Crippen LogP contribution in [-0.2, 0) is 0 Å². The predicted molar refractivity (Wildman–Crippen MR) is 63.0 cm³/mol. The molecule has 82 valence electrons. The van der Waals surface area contributed by atoms with Crippen LogP contribution in [0.4, 0.5) is 5.69 Å². The SMILES string of the molecule is O=C(Nc1ccc(Cl)c(Cl)c1)c1cn[nH]c1. The highest BCUT2D eigenvalue weighted by molar-refractivity contribution is 6.42. The number of benzene rings is 1. The average Bonchev–Trinajstić information content (AvgIpc) is 2.77. The summed E-state index contributed by atoms with van der Waals surface area (Å²) in [5.41, 5.74) is 1.03. The normalized spacial score (nSPS) is 10.1. The maximum absolute atomic E-state index is 11.6. The standard InChI is InChI=1S/C10H7Cl2N3O/c11-8-2-1-7(3-9(8)12)15-10(16)6-4-13-14-5-6/h1-5H,(H,13,14)(H,15,16). The molecule has 0 spiro atoms. The van der Waals surface area contributed by atoms with Gasteiger partial charge in [-0.15, -0.1) is 0 Å². The van der Waals surface area contributed by atoms with E-state index in [4.69, 9.17) is 23.2 Å². The number of anilines is 1. The molecule has 0 radical (unpaired) electrons. The van der Waals surface area contributed by atoms with Gasteiger partial charge in [0.25, 0.3) is 5.91 Å². The monoisotopic (exact) mass is 255 g/mol. The zero-order valence-electron chi connectivity index (χ0n) is 8.00. The number of nitrogens with zero attached hydrogens (tertiary/aromatic N) is 1. The van der Waals surface area contributed by atoms with Crippen LogP contribution in [0.2, 0.25) is 10.0 Å². The Balaban J connectivity index is 2.15. The molecule has 2 N–H and O–H groups in total. The molecule has 0 bridgehead atoms. The zero-order chi connectivity index (χ0) is 11.5. The Kier molecular flexibility index (Phi) is 3.12. The number of nitrogens with one attached hydrogen (secondary N) is 2. The van der Waals surface area contributed by atoms with Crippen molar-refractivity contribution in [1.29, 1.82) is 0 Å². The van der Waals surface area contributed by atoms with Crippen molar-refractivity contribution in [2.75, 3.05) is 5.32 Å². The largest absolute Gasteiger partial charge is 0.322 e. The minimum atomic E-state index is -0.257. The number of aromatic nitrogens is 2. The first kappa shape index (κ1) is 11.0. The lowest BCUT2D eigenvalue weighted by molar-refractivity contribution is 0.102. The second-order valence-corrected chi connectivity index (χ2v) is 3.88. The van der Waals surface area contributed by atoms with E-state index >= 15 is 0 Å². The summed E-state index contributed by atoms with van der Waals surface area (Å²) in [4.78, 5) is 11.6. The molecule has 1 amide bonds. The smallest absolute Gasteiger partial charge is 0.258 e. The third kappa shape index (κ3) is 2.35. The van der Waals surface area contributed by atoms with Gasteiger partial charge in [0.15, 0.2) is 0 Å². The quantitative estimate of drug-likeness (QED) is 0.867. The van der Waals surface area contributed by atoms with Crippen LogP contribution in [0.15, 0.2) is 30.6 Å². The van der Waals surface area contributed by atoms with Crippen LogP contribution in [0.1, 0.15) is 10.4 Å². The van der Waals surface area contributed by atoms with Gasteiger partial charge < -0.3 is 5.32 Å². The lowest BCUT2D eigenvalue weighted by Crippen LogP contribution is -2.10. The van der Waals surface area contributed by atoms with Crippen LogP contribution < -0.4 is 5.32 Å². The maximum atomic E-state index is 11.6. The van der Waals surface area contributed by atoms with Gasteiger partial charge >= 0.3 is 0 Å². The fourth-order valence-corrected chi connectivity index (χ4v) is 1.45. The van der Waals surface area contributed by atoms with Gasteiger partial charge in [-0.1, -0.05) is 23.2 Å². The molecule has 0 aliphatic carbocycles. The molecule has 0 fully saturated rings. The summed E-state index contributed by atoms with van der Waals surface area (Å²) in [6.45, 7) is 0. The molecule has 1 aromatic carbocycles. The molecule has 0 aliphatic heterocycles. The van der Waals surface area contributed by atoms with E-state index in [9.17, 15) is 4.79 Å². The van der Waals surface area contributed by atoms with Crippen molar-refractivity contribution in [3.8, 4) is 0 Å². The van der Waals surface area contributed by atoms with Gasteiger partial charge in [0.05, 0.1) is 21.8 Å². The van der Waals surface area contributed by atoms with E-state index in [0.717, 1.165) is 0 Å². The molecular weight excluding hydrogens is 249 g/mol. The molecule has 0 saturated heterocycles. The molecule has 0 saturated carbocycles. The number of carbonyl (C=O) groups excluding carboxylic acids is 1. The van der Waals surface area contributed by atoms with Crippen molar-refractivity contribution in [2.24, 2.45) is 0 Å². The van der Waals surface area contributed by atoms with E-state index in [2.05, 4.69) is 15.5 Å². The Labute approximate surface area is 102 Å². The second-order valence-electron chi connectivity index (χ2n) is 3.07. The second kappa shape index (κ2) is 4.55. The highest BCUT2D eigenvalue weighted by atomic mass is 35.5. The van der Waals surface area contributed by atoms with Crippen molar-refractivity contribution in [3.05, 3.63) is 46.2 Å². The van der Waals surface area contributed by atoms with Gasteiger partial charge in [-0.25, -0.2) is 0 Å². The summed E-state index contributed by atoms with van der Waals surface area (Å²) in [6, 6.07) is 4.88. The highest BCUT2D eigenvalue weighted by Gasteiger charge is 2.07. The van der Waals surface area contributed by atoms with Gasteiger partial charge in [-0.05, 0) is 18.2 Å². The molecule has 16 heavy (non-hydrogen) atoms. The lowest BCUT2D eigenvalue weighted by Gasteiger charge is -2.04. The summed E-state index contributed by atoms with van der Waals surface area (Å²) < 4.78 is 0. The molecule has 0 unspecified atom stereocenters. The Bertz CT molecular complexity index is 511. The van der Waals surface area contributed by atoms with E-state index in [1.54, 1.807) is 18.2 Å². The molecule has 0 atom stereocenters. The number of halogens is 2. The van der Waals surface area contributed by atoms with Crippen molar-refractivity contribution >= 4 is 34.8 Å². The fourth-order valence-electron chi connectivity index (χ4n) is 1.15. The predicted octanol–water partition coefficient (Wildman–Crippen LogP) is 2.97. The molecular formula is C10H7Cl2N3O. The van der Waals surface area contributed by atoms with Gasteiger partial charge in [-0.3, -0.25) is 9.89 Å². The third-order valence-corrected chi connectivity index (χ3v) is 2.68. The van der Waals surface area contributed by atoms with Gasteiger partial charge in [-0.2, -0.15) is 5.10 Å². The van der Waals surface area contributed by atoms with Gasteiger partial charge in [0.2, 0.25) is 0 Å². The first-order chi connectivity index (χ1) is 7.66. The lowest BCUT2D eigenvalue weighted by atomic mass is 10.3. The van der Waals surface area contributed by atoms with E-state index in [0.29, 0.717) is 21.3 Å². The summed E-state index contributed by atoms with van der Waals surface area (Å²) in [5.74, 6) is -0.257. The van der Waals surface area contributed by atoms with Crippen LogP contribution in [0.25, 0.3) is 0 Å². The minimum Gasteiger partial charge on any atom is -0.322 e. The molecule has 4 nitrogen and oxygen atoms in total. The van der Waals surface area contributed by atoms with E-state index in [-0.39, 0.29) is 5.91 Å². The van der Waals surface area contributed by atoms with Crippen molar-refractivity contribution < 1.29 is 4.79 Å². The summed E-state index contributed by atoms with van der Waals surface area (Å²) >= 11 is 11.6. The molecule has 2 aromatic rings. The maximum Gasteiger partial charge on any atom is 0.258 e. The Morgan fingerprint density at radius 3 is 2.75 bits per heavy atom. The zero-order valence-corrected chi connectivity index (χ0v) is 9.51. The van der Waals surface area contributed by atoms with Crippen LogP contribution in [-0.4, -0.2) is 16.1 Å². The molecule has 1 heterocycles. The topological polar surface area (TPSA) is 57.8 Å². The summed E-state index contributed by atoms with van der Waals surface area (Å²) in [7, 11) is 0. The van der Waals surface area contributed by atoms with Crippen LogP contribution in [0.5, 0.6) is 0 Å². The van der Waals surface area contributed by atoms with Gasteiger partial charge in [0, 0.05) is 11.9 Å². The molecule has 6 heteroatoms. The van der Waals surface area contributed by atoms with Crippen LogP contribution in [0, 0.1) is 0 Å². The van der Waals surface area contributed by atoms with Gasteiger partial charge in [0.1, 0.15) is 0 Å². The van der Waals surface area contributed by atoms with E-state index in [1.165, 1.54) is 12.4 Å². The molecule has 0 aliphatic rings. The van der Waals surface area contributed by atoms with Crippen LogP contribution >= 0.6 is 23.2 Å². The third-order valence-electron chi connectivity index (χ3n) is 1.94. The number of amides is 1. The number of carbonyl (C=O) groups is 1. The molecule has 2 rings (SSSR count). The summed E-state index contributed by atoms with van der Waals surface area (Å²) in [5, 5.41) is 9.76. The Morgan fingerprint density at radius 2 is 2.12 bits per heavy atom. The Morgan fingerprint density at radius 1 is 1.31 bits per heavy atom. The van der Waals surface area contributed by atoms with Crippen molar-refractivity contribution in [1.82, 2.24) is 10.2 Å². The number of hydrogen-bond donors (Lipinski definition) is 2.